The van der Waals surface area contributed by atoms with Gasteiger partial charge in [-0.2, -0.15) is 0 Å². The Morgan fingerprint density at radius 2 is 1.58 bits per heavy atom. The summed E-state index contributed by atoms with van der Waals surface area (Å²) >= 11 is 0. The molecule has 194 valence electrons. The molecule has 36 heavy (non-hydrogen) atoms. The molecule has 0 amide bonds. The molecule has 2 aliphatic heterocycles. The molecule has 0 saturated carbocycles. The molecule has 2 aliphatic rings. The fourth-order valence-electron chi connectivity index (χ4n) is 4.40. The van der Waals surface area contributed by atoms with E-state index < -0.39 is 14.2 Å². The maximum atomic E-state index is 13.0. The predicted octanol–water partition coefficient (Wildman–Crippen LogP) is 5.47. The van der Waals surface area contributed by atoms with Crippen LogP contribution in [0.5, 0.6) is 28.7 Å². The van der Waals surface area contributed by atoms with Crippen LogP contribution in [0.3, 0.4) is 0 Å². The van der Waals surface area contributed by atoms with E-state index in [-0.39, 0.29) is 17.6 Å². The van der Waals surface area contributed by atoms with Crippen molar-refractivity contribution in [1.82, 2.24) is 0 Å². The Kier molecular flexibility index (Phi) is 6.63. The monoisotopic (exact) mass is 513 g/mol. The van der Waals surface area contributed by atoms with Crippen molar-refractivity contribution in [3.8, 4) is 28.7 Å². The van der Waals surface area contributed by atoms with Crippen LogP contribution in [-0.4, -0.2) is 49.3 Å². The van der Waals surface area contributed by atoms with Gasteiger partial charge >= 0.3 is 5.97 Å². The zero-order chi connectivity index (χ0) is 26.4. The van der Waals surface area contributed by atoms with Crippen molar-refractivity contribution >= 4 is 20.0 Å². The maximum Gasteiger partial charge on any atom is 0.337 e. The largest absolute Gasteiger partial charge is 0.541 e. The van der Waals surface area contributed by atoms with E-state index in [0.717, 1.165) is 22.5 Å². The zero-order valence-corrected chi connectivity index (χ0v) is 23.5. The first-order valence-corrected chi connectivity index (χ1v) is 14.7. The lowest BCUT2D eigenvalue weighted by molar-refractivity contribution is -0.136. The Bertz CT molecular complexity index is 1230. The van der Waals surface area contributed by atoms with Gasteiger partial charge in [0, 0.05) is 17.5 Å². The smallest absolute Gasteiger partial charge is 0.337 e. The van der Waals surface area contributed by atoms with Gasteiger partial charge in [0.2, 0.25) is 5.75 Å². The predicted molar refractivity (Wildman–Crippen MR) is 140 cm³/mol. The minimum absolute atomic E-state index is 0.00648. The average molecular weight is 514 g/mol. The second kappa shape index (κ2) is 9.27. The number of cyclic esters (lactones) is 1. The van der Waals surface area contributed by atoms with Crippen LogP contribution in [0.1, 0.15) is 37.8 Å². The summed E-state index contributed by atoms with van der Waals surface area (Å²) in [6.45, 7) is 11.1. The highest BCUT2D eigenvalue weighted by molar-refractivity contribution is 6.74. The number of esters is 1. The number of hydrogen-bond acceptors (Lipinski definition) is 8. The molecule has 8 nitrogen and oxygen atoms in total. The van der Waals surface area contributed by atoms with Crippen molar-refractivity contribution in [1.29, 1.82) is 0 Å². The van der Waals surface area contributed by atoms with Gasteiger partial charge in [-0.15, -0.1) is 0 Å². The lowest BCUT2D eigenvalue weighted by Gasteiger charge is -2.37. The van der Waals surface area contributed by atoms with Gasteiger partial charge in [0.1, 0.15) is 12.4 Å². The summed E-state index contributed by atoms with van der Waals surface area (Å²) in [5.74, 6) is 1.90. The number of carbonyl (C=O) groups is 1. The highest BCUT2D eigenvalue weighted by Gasteiger charge is 2.43. The molecular formula is C27H35NO7Si. The van der Waals surface area contributed by atoms with Gasteiger partial charge in [0.15, 0.2) is 17.2 Å². The summed E-state index contributed by atoms with van der Waals surface area (Å²) in [4.78, 5) is 13.0. The maximum absolute atomic E-state index is 13.0. The minimum Gasteiger partial charge on any atom is -0.541 e. The molecule has 1 N–H and O–H groups in total. The van der Waals surface area contributed by atoms with E-state index in [4.69, 9.17) is 28.1 Å². The van der Waals surface area contributed by atoms with Gasteiger partial charge in [-0.25, -0.2) is 4.79 Å². The van der Waals surface area contributed by atoms with E-state index in [2.05, 4.69) is 39.2 Å². The number of ether oxygens (including phenoxy) is 5. The van der Waals surface area contributed by atoms with E-state index in [1.54, 1.807) is 28.4 Å². The molecule has 2 aromatic carbocycles. The number of nitrogens with one attached hydrogen (secondary N) is 1. The molecule has 2 heterocycles. The average Bonchev–Trinajstić information content (AvgIpc) is 3.20. The molecule has 0 aromatic heterocycles. The number of carbonyl (C=O) groups excluding carboxylic acids is 1. The van der Waals surface area contributed by atoms with Crippen molar-refractivity contribution < 1.29 is 32.9 Å². The third-order valence-electron chi connectivity index (χ3n) is 7.32. The van der Waals surface area contributed by atoms with E-state index in [1.807, 2.05) is 24.3 Å². The normalized spacial score (nSPS) is 17.0. The molecule has 1 unspecified atom stereocenters. The molecule has 2 aromatic rings. The van der Waals surface area contributed by atoms with Crippen molar-refractivity contribution in [2.24, 2.45) is 0 Å². The lowest BCUT2D eigenvalue weighted by Crippen LogP contribution is -2.44. The van der Waals surface area contributed by atoms with Crippen LogP contribution >= 0.6 is 0 Å². The van der Waals surface area contributed by atoms with Crippen molar-refractivity contribution in [3.63, 3.8) is 0 Å². The van der Waals surface area contributed by atoms with Crippen molar-refractivity contribution in [3.05, 3.63) is 46.7 Å². The third kappa shape index (κ3) is 4.15. The Morgan fingerprint density at radius 3 is 2.17 bits per heavy atom. The zero-order valence-electron chi connectivity index (χ0n) is 22.5. The number of hydrogen-bond donors (Lipinski definition) is 1. The summed E-state index contributed by atoms with van der Waals surface area (Å²) in [7, 11) is 4.16. The standard InChI is InChI=1S/C27H35NO7Si/c1-27(2,3)36(8,9)35-19-12-15(10-11-18(19)30-4)21-22-16(28-17-14-34-26(29)23(17)21)13-20(31-5)24(32-6)25(22)33-7/h10-13,21,28H,14H2,1-9H3. The van der Waals surface area contributed by atoms with Crippen molar-refractivity contribution in [2.75, 3.05) is 40.4 Å². The number of anilines is 1. The van der Waals surface area contributed by atoms with Crippen LogP contribution in [-0.2, 0) is 9.53 Å². The van der Waals surface area contributed by atoms with Gasteiger partial charge in [-0.3, -0.25) is 0 Å². The van der Waals surface area contributed by atoms with Crippen LogP contribution in [0.25, 0.3) is 0 Å². The first-order chi connectivity index (χ1) is 17.0. The van der Waals surface area contributed by atoms with Crippen LogP contribution in [0.2, 0.25) is 18.1 Å². The molecule has 0 saturated heterocycles. The first kappa shape index (κ1) is 25.8. The van der Waals surface area contributed by atoms with Crippen LogP contribution in [0, 0.1) is 0 Å². The summed E-state index contributed by atoms with van der Waals surface area (Å²) < 4.78 is 34.8. The molecule has 0 radical (unpaired) electrons. The highest BCUT2D eigenvalue weighted by atomic mass is 28.4. The fraction of sp³-hybridized carbons (Fsp3) is 0.444. The minimum atomic E-state index is -2.18. The second-order valence-corrected chi connectivity index (χ2v) is 15.1. The van der Waals surface area contributed by atoms with E-state index in [1.165, 1.54) is 0 Å². The Morgan fingerprint density at radius 1 is 0.917 bits per heavy atom. The summed E-state index contributed by atoms with van der Waals surface area (Å²) in [5, 5.41) is 3.35. The molecule has 0 aliphatic carbocycles. The quantitative estimate of drug-likeness (QED) is 0.385. The topological polar surface area (TPSA) is 84.5 Å². The molecule has 0 fully saturated rings. The van der Waals surface area contributed by atoms with Gasteiger partial charge in [-0.05, 0) is 35.8 Å². The van der Waals surface area contributed by atoms with Gasteiger partial charge in [-0.1, -0.05) is 26.8 Å². The second-order valence-electron chi connectivity index (χ2n) is 10.4. The van der Waals surface area contributed by atoms with E-state index >= 15 is 0 Å². The summed E-state index contributed by atoms with van der Waals surface area (Å²) in [5.41, 5.74) is 3.63. The third-order valence-corrected chi connectivity index (χ3v) is 11.7. The van der Waals surface area contributed by atoms with Gasteiger partial charge in [0.25, 0.3) is 8.32 Å². The molecule has 1 atom stereocenters. The van der Waals surface area contributed by atoms with Gasteiger partial charge in [0.05, 0.1) is 45.4 Å². The number of methoxy groups -OCH3 is 4. The molecule has 0 bridgehead atoms. The molecule has 9 heteroatoms. The Labute approximate surface area is 213 Å². The SMILES string of the molecule is COc1ccc(C2C3=C(COC3=O)Nc3cc(OC)c(OC)c(OC)c32)cc1O[Si](C)(C)C(C)(C)C. The van der Waals surface area contributed by atoms with E-state index in [0.29, 0.717) is 34.3 Å². The van der Waals surface area contributed by atoms with Crippen LogP contribution in [0.4, 0.5) is 5.69 Å². The van der Waals surface area contributed by atoms with Crippen molar-refractivity contribution in [2.45, 2.75) is 44.8 Å². The van der Waals surface area contributed by atoms with E-state index in [9.17, 15) is 4.79 Å². The number of fused-ring (bicyclic) bond motifs is 1. The summed E-state index contributed by atoms with van der Waals surface area (Å²) in [6.07, 6.45) is 0. The van der Waals surface area contributed by atoms with Crippen LogP contribution in [0.15, 0.2) is 35.5 Å². The molecule has 4 rings (SSSR count). The summed E-state index contributed by atoms with van der Waals surface area (Å²) in [6, 6.07) is 7.65. The first-order valence-electron chi connectivity index (χ1n) is 11.8. The Balaban J connectivity index is 1.96. The Hall–Kier alpha value is -3.33. The highest BCUT2D eigenvalue weighted by Crippen LogP contribution is 2.55. The number of rotatable bonds is 7. The molecular weight excluding hydrogens is 478 g/mol. The number of benzene rings is 2. The molecule has 0 spiro atoms. The lowest BCUT2D eigenvalue weighted by atomic mass is 9.80. The fourth-order valence-corrected chi connectivity index (χ4v) is 5.42. The van der Waals surface area contributed by atoms with Crippen LogP contribution < -0.4 is 28.7 Å². The van der Waals surface area contributed by atoms with Gasteiger partial charge < -0.3 is 33.4 Å².